The summed E-state index contributed by atoms with van der Waals surface area (Å²) < 4.78 is 13.4. The van der Waals surface area contributed by atoms with E-state index in [1.165, 1.54) is 12.1 Å². The van der Waals surface area contributed by atoms with Crippen molar-refractivity contribution in [3.05, 3.63) is 59.6 Å². The number of hydrogen-bond donors (Lipinski definition) is 2. The van der Waals surface area contributed by atoms with E-state index in [-0.39, 0.29) is 5.91 Å². The highest BCUT2D eigenvalue weighted by Crippen LogP contribution is 2.32. The molecule has 21 heavy (non-hydrogen) atoms. The first-order valence-corrected chi connectivity index (χ1v) is 6.56. The first-order valence-electron chi connectivity index (χ1n) is 6.56. The average Bonchev–Trinajstić information content (AvgIpc) is 2.75. The van der Waals surface area contributed by atoms with Gasteiger partial charge in [0.2, 0.25) is 0 Å². The summed E-state index contributed by atoms with van der Waals surface area (Å²) >= 11 is 0. The standard InChI is InChI=1S/C15H14FN3O2/c1-2-6-19-8-11-12(14(19)20)13(18-15(21)17-11)9-4-3-5-10(16)7-9/h2-5,7,13H,1,6,8H2,(H2,17,18,21). The van der Waals surface area contributed by atoms with E-state index in [9.17, 15) is 14.0 Å². The van der Waals surface area contributed by atoms with Crippen molar-refractivity contribution < 1.29 is 14.0 Å². The number of urea groups is 1. The normalized spacial score (nSPS) is 21.0. The second-order valence-corrected chi connectivity index (χ2v) is 4.95. The van der Waals surface area contributed by atoms with Gasteiger partial charge in [-0.2, -0.15) is 0 Å². The molecule has 0 spiro atoms. The van der Waals surface area contributed by atoms with Crippen LogP contribution in [0.15, 0.2) is 48.2 Å². The van der Waals surface area contributed by atoms with Gasteiger partial charge in [-0.05, 0) is 17.7 Å². The number of benzene rings is 1. The quantitative estimate of drug-likeness (QED) is 0.827. The highest BCUT2D eigenvalue weighted by molar-refractivity contribution is 6.01. The molecule has 3 amide bonds. The van der Waals surface area contributed by atoms with E-state index in [0.717, 1.165) is 0 Å². The first kappa shape index (κ1) is 13.4. The molecule has 1 aromatic rings. The van der Waals surface area contributed by atoms with Gasteiger partial charge >= 0.3 is 6.03 Å². The lowest BCUT2D eigenvalue weighted by atomic mass is 9.96. The fourth-order valence-corrected chi connectivity index (χ4v) is 2.67. The first-order chi connectivity index (χ1) is 10.1. The van der Waals surface area contributed by atoms with Gasteiger partial charge in [0.05, 0.1) is 23.9 Å². The zero-order chi connectivity index (χ0) is 15.0. The van der Waals surface area contributed by atoms with Crippen LogP contribution in [0.4, 0.5) is 9.18 Å². The summed E-state index contributed by atoms with van der Waals surface area (Å²) in [6, 6.07) is 4.86. The van der Waals surface area contributed by atoms with Gasteiger partial charge in [-0.15, -0.1) is 6.58 Å². The zero-order valence-electron chi connectivity index (χ0n) is 11.2. The minimum Gasteiger partial charge on any atom is -0.329 e. The maximum atomic E-state index is 13.4. The molecular formula is C15H14FN3O2. The van der Waals surface area contributed by atoms with Crippen molar-refractivity contribution in [1.82, 2.24) is 15.5 Å². The van der Waals surface area contributed by atoms with E-state index < -0.39 is 17.9 Å². The van der Waals surface area contributed by atoms with Crippen molar-refractivity contribution in [2.75, 3.05) is 13.1 Å². The van der Waals surface area contributed by atoms with E-state index in [2.05, 4.69) is 17.2 Å². The molecule has 0 aromatic heterocycles. The maximum Gasteiger partial charge on any atom is 0.319 e. The Labute approximate surface area is 121 Å². The predicted molar refractivity (Wildman–Crippen MR) is 74.6 cm³/mol. The van der Waals surface area contributed by atoms with Crippen LogP contribution in [0, 0.1) is 5.82 Å². The molecule has 108 valence electrons. The second kappa shape index (κ2) is 5.05. The van der Waals surface area contributed by atoms with Crippen molar-refractivity contribution >= 4 is 11.9 Å². The largest absolute Gasteiger partial charge is 0.329 e. The van der Waals surface area contributed by atoms with Gasteiger partial charge in [0.1, 0.15) is 5.82 Å². The lowest BCUT2D eigenvalue weighted by Crippen LogP contribution is -2.44. The molecule has 1 aromatic carbocycles. The number of rotatable bonds is 3. The second-order valence-electron chi connectivity index (χ2n) is 4.95. The van der Waals surface area contributed by atoms with Crippen LogP contribution in [0.25, 0.3) is 0 Å². The summed E-state index contributed by atoms with van der Waals surface area (Å²) in [5, 5.41) is 5.33. The monoisotopic (exact) mass is 287 g/mol. The third-order valence-corrected chi connectivity index (χ3v) is 3.55. The number of hydrogen-bond acceptors (Lipinski definition) is 2. The Morgan fingerprint density at radius 2 is 2.24 bits per heavy atom. The molecule has 1 atom stereocenters. The number of nitrogens with one attached hydrogen (secondary N) is 2. The van der Waals surface area contributed by atoms with Crippen molar-refractivity contribution in [2.24, 2.45) is 0 Å². The van der Waals surface area contributed by atoms with Crippen LogP contribution in [-0.4, -0.2) is 29.9 Å². The molecule has 0 radical (unpaired) electrons. The average molecular weight is 287 g/mol. The Hall–Kier alpha value is -2.63. The molecule has 0 aliphatic carbocycles. The SMILES string of the molecule is C=CCN1CC2=C(C1=O)C(c1cccc(F)c1)NC(=O)N2. The van der Waals surface area contributed by atoms with Crippen LogP contribution in [0.3, 0.4) is 0 Å². The van der Waals surface area contributed by atoms with E-state index >= 15 is 0 Å². The molecule has 0 fully saturated rings. The van der Waals surface area contributed by atoms with Crippen LogP contribution < -0.4 is 10.6 Å². The number of carbonyl (C=O) groups excluding carboxylic acids is 2. The molecular weight excluding hydrogens is 273 g/mol. The summed E-state index contributed by atoms with van der Waals surface area (Å²) in [5.74, 6) is -0.581. The lowest BCUT2D eigenvalue weighted by molar-refractivity contribution is -0.125. The summed E-state index contributed by atoms with van der Waals surface area (Å²) in [4.78, 5) is 25.8. The van der Waals surface area contributed by atoms with Gasteiger partial charge in [0, 0.05) is 6.54 Å². The van der Waals surface area contributed by atoms with E-state index in [1.54, 1.807) is 23.1 Å². The Morgan fingerprint density at radius 1 is 1.43 bits per heavy atom. The van der Waals surface area contributed by atoms with Gasteiger partial charge in [-0.1, -0.05) is 18.2 Å². The van der Waals surface area contributed by atoms with Crippen LogP contribution in [0.1, 0.15) is 11.6 Å². The molecule has 2 N–H and O–H groups in total. The van der Waals surface area contributed by atoms with Gasteiger partial charge in [0.15, 0.2) is 0 Å². The maximum absolute atomic E-state index is 13.4. The predicted octanol–water partition coefficient (Wildman–Crippen LogP) is 1.46. The lowest BCUT2D eigenvalue weighted by Gasteiger charge is -2.25. The van der Waals surface area contributed by atoms with Crippen LogP contribution >= 0.6 is 0 Å². The molecule has 0 bridgehead atoms. The van der Waals surface area contributed by atoms with Crippen molar-refractivity contribution in [3.63, 3.8) is 0 Å². The number of carbonyl (C=O) groups is 2. The molecule has 0 saturated heterocycles. The molecule has 2 heterocycles. The van der Waals surface area contributed by atoms with E-state index in [4.69, 9.17) is 0 Å². The summed E-state index contributed by atoms with van der Waals surface area (Å²) in [6.07, 6.45) is 1.63. The van der Waals surface area contributed by atoms with Crippen molar-refractivity contribution in [2.45, 2.75) is 6.04 Å². The van der Waals surface area contributed by atoms with Gasteiger partial charge in [-0.3, -0.25) is 4.79 Å². The molecule has 5 nitrogen and oxygen atoms in total. The molecule has 2 aliphatic heterocycles. The number of amides is 3. The topological polar surface area (TPSA) is 61.4 Å². The fourth-order valence-electron chi connectivity index (χ4n) is 2.67. The molecule has 1 unspecified atom stereocenters. The molecule has 6 heteroatoms. The van der Waals surface area contributed by atoms with Crippen molar-refractivity contribution in [1.29, 1.82) is 0 Å². The Kier molecular flexibility index (Phi) is 3.21. The zero-order valence-corrected chi connectivity index (χ0v) is 11.2. The summed E-state index contributed by atoms with van der Waals surface area (Å²) in [5.41, 5.74) is 1.58. The third-order valence-electron chi connectivity index (χ3n) is 3.55. The Morgan fingerprint density at radius 3 is 2.95 bits per heavy atom. The van der Waals surface area contributed by atoms with Gasteiger partial charge in [-0.25, -0.2) is 9.18 Å². The van der Waals surface area contributed by atoms with Crippen LogP contribution in [0.5, 0.6) is 0 Å². The Balaban J connectivity index is 2.00. The minimum atomic E-state index is -0.633. The smallest absolute Gasteiger partial charge is 0.319 e. The van der Waals surface area contributed by atoms with Gasteiger partial charge < -0.3 is 15.5 Å². The molecule has 2 aliphatic rings. The van der Waals surface area contributed by atoms with Crippen molar-refractivity contribution in [3.8, 4) is 0 Å². The van der Waals surface area contributed by atoms with Crippen LogP contribution in [0.2, 0.25) is 0 Å². The third kappa shape index (κ3) is 2.29. The summed E-state index contributed by atoms with van der Waals surface area (Å²) in [6.45, 7) is 4.35. The minimum absolute atomic E-state index is 0.174. The highest BCUT2D eigenvalue weighted by atomic mass is 19.1. The number of nitrogens with zero attached hydrogens (tertiary/aromatic N) is 1. The van der Waals surface area contributed by atoms with Gasteiger partial charge in [0.25, 0.3) is 5.91 Å². The number of halogens is 1. The van der Waals surface area contributed by atoms with Crippen LogP contribution in [-0.2, 0) is 4.79 Å². The van der Waals surface area contributed by atoms with E-state index in [0.29, 0.717) is 29.9 Å². The highest BCUT2D eigenvalue weighted by Gasteiger charge is 2.39. The fraction of sp³-hybridized carbons (Fsp3) is 0.200. The van der Waals surface area contributed by atoms with E-state index in [1.807, 2.05) is 0 Å². The Bertz CT molecular complexity index is 669. The summed E-state index contributed by atoms with van der Waals surface area (Å²) in [7, 11) is 0. The molecule has 0 saturated carbocycles. The molecule has 3 rings (SSSR count).